The number of hydrogen-bond acceptors (Lipinski definition) is 6. The first-order chi connectivity index (χ1) is 11.9. The van der Waals surface area contributed by atoms with Crippen LogP contribution in [0.5, 0.6) is 0 Å². The molecule has 0 aromatic carbocycles. The molecule has 0 aliphatic heterocycles. The molecule has 3 rings (SSSR count). The molecule has 3 atom stereocenters. The van der Waals surface area contributed by atoms with E-state index in [-0.39, 0.29) is 6.04 Å². The third-order valence-electron chi connectivity index (χ3n) is 4.96. The first-order valence-electron chi connectivity index (χ1n) is 9.16. The van der Waals surface area contributed by atoms with Crippen LogP contribution in [0.4, 0.5) is 0 Å². The Morgan fingerprint density at radius 2 is 2.16 bits per heavy atom. The topological polar surface area (TPSA) is 93.7 Å². The summed E-state index contributed by atoms with van der Waals surface area (Å²) in [5, 5.41) is 26.5. The SMILES string of the molecule is CC(CCn1cncn1)N[C@H]1CCCC[C@H]1n1cc(C(C)(C)O)nn1. The van der Waals surface area contributed by atoms with E-state index in [1.54, 1.807) is 26.5 Å². The number of aliphatic hydroxyl groups is 1. The number of aryl methyl sites for hydroxylation is 1. The van der Waals surface area contributed by atoms with Crippen molar-refractivity contribution in [1.29, 1.82) is 0 Å². The summed E-state index contributed by atoms with van der Waals surface area (Å²) in [5.41, 5.74) is -0.336. The van der Waals surface area contributed by atoms with Crippen LogP contribution in [-0.2, 0) is 12.1 Å². The number of nitrogens with zero attached hydrogens (tertiary/aromatic N) is 6. The van der Waals surface area contributed by atoms with Gasteiger partial charge in [-0.3, -0.25) is 4.68 Å². The maximum atomic E-state index is 10.1. The van der Waals surface area contributed by atoms with Crippen molar-refractivity contribution in [3.8, 4) is 0 Å². The predicted octanol–water partition coefficient (Wildman–Crippen LogP) is 1.65. The second kappa shape index (κ2) is 7.61. The number of rotatable bonds is 7. The van der Waals surface area contributed by atoms with E-state index in [9.17, 15) is 5.11 Å². The lowest BCUT2D eigenvalue weighted by Crippen LogP contribution is -2.44. The van der Waals surface area contributed by atoms with Gasteiger partial charge in [-0.15, -0.1) is 5.10 Å². The zero-order valence-corrected chi connectivity index (χ0v) is 15.3. The molecule has 2 aromatic heterocycles. The van der Waals surface area contributed by atoms with Crippen molar-refractivity contribution >= 4 is 0 Å². The molecule has 1 aliphatic rings. The maximum Gasteiger partial charge on any atom is 0.137 e. The molecule has 0 spiro atoms. The lowest BCUT2D eigenvalue weighted by atomic mass is 9.89. The summed E-state index contributed by atoms with van der Waals surface area (Å²) in [6.45, 7) is 6.55. The molecule has 0 saturated heterocycles. The van der Waals surface area contributed by atoms with Gasteiger partial charge in [0, 0.05) is 18.6 Å². The van der Waals surface area contributed by atoms with Gasteiger partial charge in [0.2, 0.25) is 0 Å². The van der Waals surface area contributed by atoms with Gasteiger partial charge in [0.1, 0.15) is 23.9 Å². The average Bonchev–Trinajstić information content (AvgIpc) is 3.25. The molecule has 1 unspecified atom stereocenters. The Labute approximate surface area is 148 Å². The summed E-state index contributed by atoms with van der Waals surface area (Å²) in [6, 6.07) is 1.04. The summed E-state index contributed by atoms with van der Waals surface area (Å²) < 4.78 is 3.80. The third-order valence-corrected chi connectivity index (χ3v) is 4.96. The van der Waals surface area contributed by atoms with Crippen LogP contribution in [0.25, 0.3) is 0 Å². The molecule has 1 saturated carbocycles. The van der Waals surface area contributed by atoms with Gasteiger partial charge < -0.3 is 10.4 Å². The number of hydrogen-bond donors (Lipinski definition) is 2. The van der Waals surface area contributed by atoms with Crippen LogP contribution < -0.4 is 5.32 Å². The maximum absolute atomic E-state index is 10.1. The molecule has 0 bridgehead atoms. The first kappa shape index (κ1) is 18.0. The monoisotopic (exact) mass is 347 g/mol. The zero-order valence-electron chi connectivity index (χ0n) is 15.3. The Kier molecular flexibility index (Phi) is 5.48. The molecule has 0 radical (unpaired) electrons. The van der Waals surface area contributed by atoms with E-state index in [0.29, 0.717) is 17.8 Å². The van der Waals surface area contributed by atoms with E-state index < -0.39 is 5.60 Å². The highest BCUT2D eigenvalue weighted by Gasteiger charge is 2.30. The summed E-state index contributed by atoms with van der Waals surface area (Å²) in [5.74, 6) is 0. The van der Waals surface area contributed by atoms with Crippen molar-refractivity contribution in [2.24, 2.45) is 0 Å². The average molecular weight is 347 g/mol. The van der Waals surface area contributed by atoms with Gasteiger partial charge in [-0.25, -0.2) is 9.67 Å². The van der Waals surface area contributed by atoms with Crippen LogP contribution in [0.3, 0.4) is 0 Å². The first-order valence-corrected chi connectivity index (χ1v) is 9.16. The van der Waals surface area contributed by atoms with Crippen molar-refractivity contribution in [1.82, 2.24) is 35.1 Å². The zero-order chi connectivity index (χ0) is 17.9. The fraction of sp³-hybridized carbons (Fsp3) is 0.765. The summed E-state index contributed by atoms with van der Waals surface area (Å²) in [7, 11) is 0. The highest BCUT2D eigenvalue weighted by molar-refractivity contribution is 5.04. The molecule has 8 nitrogen and oxygen atoms in total. The molecule has 1 aliphatic carbocycles. The Hall–Kier alpha value is -1.80. The summed E-state index contributed by atoms with van der Waals surface area (Å²) in [6.07, 6.45) is 10.9. The third kappa shape index (κ3) is 4.64. The van der Waals surface area contributed by atoms with Crippen LogP contribution in [0.1, 0.15) is 64.6 Å². The van der Waals surface area contributed by atoms with E-state index >= 15 is 0 Å². The number of nitrogens with one attached hydrogen (secondary N) is 1. The second-order valence-electron chi connectivity index (χ2n) is 7.62. The summed E-state index contributed by atoms with van der Waals surface area (Å²) in [4.78, 5) is 3.98. The largest absolute Gasteiger partial charge is 0.384 e. The molecular weight excluding hydrogens is 318 g/mol. The molecule has 2 heterocycles. The van der Waals surface area contributed by atoms with Gasteiger partial charge in [-0.2, -0.15) is 5.10 Å². The molecule has 2 aromatic rings. The van der Waals surface area contributed by atoms with E-state index in [4.69, 9.17) is 0 Å². The van der Waals surface area contributed by atoms with E-state index in [1.807, 2.05) is 15.6 Å². The molecule has 0 amide bonds. The van der Waals surface area contributed by atoms with Crippen LogP contribution in [0.15, 0.2) is 18.9 Å². The van der Waals surface area contributed by atoms with Gasteiger partial charge in [0.05, 0.1) is 12.2 Å². The minimum Gasteiger partial charge on any atom is -0.384 e. The Balaban J connectivity index is 1.61. The van der Waals surface area contributed by atoms with E-state index in [1.165, 1.54) is 12.8 Å². The van der Waals surface area contributed by atoms with Gasteiger partial charge in [0.25, 0.3) is 0 Å². The lowest BCUT2D eigenvalue weighted by Gasteiger charge is -2.34. The minimum atomic E-state index is -0.957. The van der Waals surface area contributed by atoms with Gasteiger partial charge in [-0.05, 0) is 40.0 Å². The predicted molar refractivity (Wildman–Crippen MR) is 93.8 cm³/mol. The molecule has 1 fully saturated rings. The van der Waals surface area contributed by atoms with Gasteiger partial charge >= 0.3 is 0 Å². The van der Waals surface area contributed by atoms with Crippen molar-refractivity contribution in [3.05, 3.63) is 24.5 Å². The summed E-state index contributed by atoms with van der Waals surface area (Å²) >= 11 is 0. The van der Waals surface area contributed by atoms with Crippen LogP contribution >= 0.6 is 0 Å². The van der Waals surface area contributed by atoms with E-state index in [2.05, 4.69) is 32.6 Å². The number of aromatic nitrogens is 6. The highest BCUT2D eigenvalue weighted by atomic mass is 16.3. The minimum absolute atomic E-state index is 0.283. The molecule has 2 N–H and O–H groups in total. The fourth-order valence-corrected chi connectivity index (χ4v) is 3.46. The van der Waals surface area contributed by atoms with Crippen molar-refractivity contribution in [3.63, 3.8) is 0 Å². The van der Waals surface area contributed by atoms with Gasteiger partial charge in [-0.1, -0.05) is 18.1 Å². The van der Waals surface area contributed by atoms with Crippen LogP contribution in [0, 0.1) is 0 Å². The Morgan fingerprint density at radius 3 is 2.84 bits per heavy atom. The smallest absolute Gasteiger partial charge is 0.137 e. The molecular formula is C17H29N7O. The second-order valence-corrected chi connectivity index (χ2v) is 7.62. The van der Waals surface area contributed by atoms with Crippen molar-refractivity contribution < 1.29 is 5.11 Å². The molecule has 25 heavy (non-hydrogen) atoms. The van der Waals surface area contributed by atoms with Crippen molar-refractivity contribution in [2.45, 2.75) is 83.1 Å². The normalized spacial score (nSPS) is 22.9. The molecule has 138 valence electrons. The van der Waals surface area contributed by atoms with Crippen LogP contribution in [0.2, 0.25) is 0 Å². The Morgan fingerprint density at radius 1 is 1.36 bits per heavy atom. The fourth-order valence-electron chi connectivity index (χ4n) is 3.46. The standard InChI is InChI=1S/C17H29N7O/c1-13(8-9-23-12-18-11-19-23)20-14-6-4-5-7-15(14)24-10-16(21-22-24)17(2,3)25/h10-15,20,25H,4-9H2,1-3H3/t13?,14-,15+/m0/s1. The lowest BCUT2D eigenvalue weighted by molar-refractivity contribution is 0.0736. The quantitative estimate of drug-likeness (QED) is 0.791. The van der Waals surface area contributed by atoms with Crippen LogP contribution in [-0.4, -0.2) is 46.9 Å². The van der Waals surface area contributed by atoms with Gasteiger partial charge in [0.15, 0.2) is 0 Å². The highest BCUT2D eigenvalue weighted by Crippen LogP contribution is 2.29. The van der Waals surface area contributed by atoms with Crippen molar-refractivity contribution in [2.75, 3.05) is 0 Å². The Bertz CT molecular complexity index is 646. The van der Waals surface area contributed by atoms with E-state index in [0.717, 1.165) is 25.8 Å². The molecule has 8 heteroatoms.